The fourth-order valence-corrected chi connectivity index (χ4v) is 5.06. The molecule has 3 aromatic rings. The number of carbonyl (C=O) groups excluding carboxylic acids is 2. The number of ketones is 1. The summed E-state index contributed by atoms with van der Waals surface area (Å²) in [6.07, 6.45) is 0.272. The molecule has 0 spiro atoms. The second-order valence-corrected chi connectivity index (χ2v) is 9.90. The van der Waals surface area contributed by atoms with Gasteiger partial charge in [-0.05, 0) is 49.6 Å². The molecule has 36 heavy (non-hydrogen) atoms. The lowest BCUT2D eigenvalue weighted by Gasteiger charge is -2.40. The summed E-state index contributed by atoms with van der Waals surface area (Å²) in [5, 5.41) is 3.09. The highest BCUT2D eigenvalue weighted by molar-refractivity contribution is 7.17. The molecular weight excluding hydrogens is 481 g/mol. The van der Waals surface area contributed by atoms with Crippen molar-refractivity contribution in [3.63, 3.8) is 0 Å². The Morgan fingerprint density at radius 1 is 1.22 bits per heavy atom. The summed E-state index contributed by atoms with van der Waals surface area (Å²) >= 11 is 1.21. The Kier molecular flexibility index (Phi) is 7.88. The van der Waals surface area contributed by atoms with Crippen molar-refractivity contribution in [2.45, 2.75) is 46.1 Å². The highest BCUT2D eigenvalue weighted by Gasteiger charge is 2.29. The van der Waals surface area contributed by atoms with E-state index >= 15 is 0 Å². The van der Waals surface area contributed by atoms with Gasteiger partial charge < -0.3 is 19.7 Å². The fraction of sp³-hybridized carbons (Fsp3) is 0.370. The van der Waals surface area contributed by atoms with E-state index in [2.05, 4.69) is 15.2 Å². The maximum atomic E-state index is 14.2. The number of nitrogens with zero attached hydrogens (tertiary/aromatic N) is 2. The predicted octanol–water partition coefficient (Wildman–Crippen LogP) is 5.59. The Hall–Kier alpha value is -3.46. The number of rotatable bonds is 10. The largest absolute Gasteiger partial charge is 0.494 e. The number of amides is 1. The molecule has 0 saturated carbocycles. The van der Waals surface area contributed by atoms with E-state index in [0.29, 0.717) is 47.6 Å². The van der Waals surface area contributed by atoms with Gasteiger partial charge in [-0.15, -0.1) is 0 Å². The topological polar surface area (TPSA) is 80.8 Å². The molecule has 1 saturated heterocycles. The molecule has 1 aromatic heterocycles. The van der Waals surface area contributed by atoms with Gasteiger partial charge in [0.25, 0.3) is 0 Å². The van der Waals surface area contributed by atoms with Gasteiger partial charge in [0.05, 0.1) is 30.3 Å². The Bertz CT molecular complexity index is 1240. The summed E-state index contributed by atoms with van der Waals surface area (Å²) < 4.78 is 25.4. The van der Waals surface area contributed by atoms with Crippen molar-refractivity contribution in [1.82, 2.24) is 4.98 Å². The molecule has 0 aliphatic carbocycles. The Labute approximate surface area is 214 Å². The highest BCUT2D eigenvalue weighted by atomic mass is 32.1. The van der Waals surface area contributed by atoms with E-state index in [1.807, 2.05) is 38.1 Å². The van der Waals surface area contributed by atoms with Gasteiger partial charge in [0.15, 0.2) is 22.5 Å². The average molecular weight is 512 g/mol. The number of carbonyl (C=O) groups is 2. The molecule has 2 aromatic carbocycles. The zero-order valence-corrected chi connectivity index (χ0v) is 21.7. The molecule has 1 aliphatic heterocycles. The predicted molar refractivity (Wildman–Crippen MR) is 139 cm³/mol. The van der Waals surface area contributed by atoms with Gasteiger partial charge in [-0.2, -0.15) is 0 Å². The summed E-state index contributed by atoms with van der Waals surface area (Å²) in [6.45, 7) is 8.90. The number of benzene rings is 2. The van der Waals surface area contributed by atoms with E-state index in [1.165, 1.54) is 24.3 Å². The van der Waals surface area contributed by atoms with E-state index in [0.717, 1.165) is 11.3 Å². The number of aryl methyl sites for hydroxylation is 1. The first-order valence-electron chi connectivity index (χ1n) is 12.0. The van der Waals surface area contributed by atoms with Crippen LogP contribution >= 0.6 is 11.3 Å². The van der Waals surface area contributed by atoms with Crippen LogP contribution < -0.4 is 19.7 Å². The number of halogens is 1. The number of anilines is 2. The van der Waals surface area contributed by atoms with Crippen molar-refractivity contribution in [1.29, 1.82) is 0 Å². The van der Waals surface area contributed by atoms with E-state index in [4.69, 9.17) is 9.47 Å². The van der Waals surface area contributed by atoms with Gasteiger partial charge in [-0.3, -0.25) is 9.59 Å². The third kappa shape index (κ3) is 6.02. The van der Waals surface area contributed by atoms with Gasteiger partial charge >= 0.3 is 0 Å². The molecular formula is C27H30FN3O4S. The second kappa shape index (κ2) is 11.1. The van der Waals surface area contributed by atoms with E-state index in [1.54, 1.807) is 19.1 Å². The van der Waals surface area contributed by atoms with Crippen LogP contribution in [0.4, 0.5) is 15.2 Å². The normalized spacial score (nSPS) is 14.2. The first-order chi connectivity index (χ1) is 17.2. The number of nitrogens with one attached hydrogen (secondary N) is 1. The number of hydrogen-bond acceptors (Lipinski definition) is 7. The second-order valence-electron chi connectivity index (χ2n) is 8.90. The molecule has 2 heterocycles. The number of aromatic nitrogens is 1. The van der Waals surface area contributed by atoms with E-state index in [9.17, 15) is 14.0 Å². The number of hydrogen-bond donors (Lipinski definition) is 1. The van der Waals surface area contributed by atoms with Crippen molar-refractivity contribution < 1.29 is 23.5 Å². The van der Waals surface area contributed by atoms with Crippen LogP contribution in [0.3, 0.4) is 0 Å². The van der Waals surface area contributed by atoms with Crippen molar-refractivity contribution in [2.75, 3.05) is 29.9 Å². The SMILES string of the molecule is CCOc1ccc(OC2CN(c3ccc([C@H](C)CC(=O)c4sc(NC(C)=O)nc4C)cc3)C2)c(F)c1. The summed E-state index contributed by atoms with van der Waals surface area (Å²) in [4.78, 5) is 31.1. The van der Waals surface area contributed by atoms with Crippen LogP contribution in [0.25, 0.3) is 0 Å². The molecule has 1 aliphatic rings. The van der Waals surface area contributed by atoms with Gasteiger partial charge in [-0.1, -0.05) is 30.4 Å². The third-order valence-corrected chi connectivity index (χ3v) is 7.12. The molecule has 4 rings (SSSR count). The third-order valence-electron chi connectivity index (χ3n) is 6.01. The number of ether oxygens (including phenoxy) is 2. The minimum Gasteiger partial charge on any atom is -0.494 e. The maximum absolute atomic E-state index is 14.2. The van der Waals surface area contributed by atoms with Gasteiger partial charge in [0.1, 0.15) is 11.9 Å². The standard InChI is InChI=1S/C27H30FN3O4S/c1-5-34-21-10-11-25(23(28)13-21)35-22-14-31(15-22)20-8-6-19(7-9-20)16(2)12-24(33)26-17(3)29-27(36-26)30-18(4)32/h6-11,13,16,22H,5,12,14-15H2,1-4H3,(H,29,30,32)/t16-/m1/s1. The quantitative estimate of drug-likeness (QED) is 0.357. The lowest BCUT2D eigenvalue weighted by atomic mass is 9.94. The van der Waals surface area contributed by atoms with E-state index in [-0.39, 0.29) is 29.5 Å². The summed E-state index contributed by atoms with van der Waals surface area (Å²) in [5.74, 6) is 0.143. The van der Waals surface area contributed by atoms with Crippen molar-refractivity contribution in [3.8, 4) is 11.5 Å². The zero-order valence-electron chi connectivity index (χ0n) is 20.8. The molecule has 0 unspecified atom stereocenters. The van der Waals surface area contributed by atoms with E-state index < -0.39 is 5.82 Å². The molecule has 0 bridgehead atoms. The van der Waals surface area contributed by atoms with Crippen molar-refractivity contribution >= 4 is 33.8 Å². The van der Waals surface area contributed by atoms with Crippen LogP contribution in [-0.2, 0) is 4.79 Å². The van der Waals surface area contributed by atoms with Gasteiger partial charge in [0.2, 0.25) is 5.91 Å². The van der Waals surface area contributed by atoms with Crippen LogP contribution in [-0.4, -0.2) is 42.5 Å². The fourth-order valence-electron chi connectivity index (χ4n) is 4.10. The highest BCUT2D eigenvalue weighted by Crippen LogP contribution is 2.31. The molecule has 9 heteroatoms. The first kappa shape index (κ1) is 25.6. The van der Waals surface area contributed by atoms with Crippen LogP contribution in [0.2, 0.25) is 0 Å². The Balaban J connectivity index is 1.29. The Morgan fingerprint density at radius 2 is 1.94 bits per heavy atom. The minimum atomic E-state index is -0.424. The lowest BCUT2D eigenvalue weighted by Crippen LogP contribution is -2.54. The van der Waals surface area contributed by atoms with Crippen LogP contribution in [0, 0.1) is 12.7 Å². The summed E-state index contributed by atoms with van der Waals surface area (Å²) in [6, 6.07) is 12.8. The van der Waals surface area contributed by atoms with Gasteiger partial charge in [0, 0.05) is 25.1 Å². The monoisotopic (exact) mass is 511 g/mol. The first-order valence-corrected chi connectivity index (χ1v) is 12.8. The smallest absolute Gasteiger partial charge is 0.223 e. The average Bonchev–Trinajstić information content (AvgIpc) is 3.16. The van der Waals surface area contributed by atoms with Crippen LogP contribution in [0.15, 0.2) is 42.5 Å². The molecule has 1 atom stereocenters. The molecule has 1 amide bonds. The van der Waals surface area contributed by atoms with Crippen molar-refractivity contribution in [3.05, 3.63) is 64.4 Å². The summed E-state index contributed by atoms with van der Waals surface area (Å²) in [7, 11) is 0. The molecule has 7 nitrogen and oxygen atoms in total. The number of Topliss-reactive ketones (excluding diaryl/α,β-unsaturated/α-hetero) is 1. The van der Waals surface area contributed by atoms with Gasteiger partial charge in [-0.25, -0.2) is 9.37 Å². The van der Waals surface area contributed by atoms with Crippen LogP contribution in [0.1, 0.15) is 54.0 Å². The zero-order chi connectivity index (χ0) is 25.8. The lowest BCUT2D eigenvalue weighted by molar-refractivity contribution is -0.114. The Morgan fingerprint density at radius 3 is 2.58 bits per heavy atom. The van der Waals surface area contributed by atoms with Crippen molar-refractivity contribution in [2.24, 2.45) is 0 Å². The molecule has 1 N–H and O–H groups in total. The molecule has 0 radical (unpaired) electrons. The summed E-state index contributed by atoms with van der Waals surface area (Å²) in [5.41, 5.74) is 2.76. The molecule has 1 fully saturated rings. The maximum Gasteiger partial charge on any atom is 0.223 e. The van der Waals surface area contributed by atoms with Crippen LogP contribution in [0.5, 0.6) is 11.5 Å². The molecule has 190 valence electrons. The minimum absolute atomic E-state index is 0.0161. The number of thiazole rings is 1.